The van der Waals surface area contributed by atoms with Crippen LogP contribution >= 0.6 is 0 Å². The molecule has 2 aromatic carbocycles. The predicted molar refractivity (Wildman–Crippen MR) is 221 cm³/mol. The number of hydrogen-bond donors (Lipinski definition) is 3. The number of halogens is 3. The van der Waals surface area contributed by atoms with Crippen molar-refractivity contribution in [1.82, 2.24) is 25.2 Å². The molecular weight excluding hydrogens is 832 g/mol. The number of sulfonamides is 1. The summed E-state index contributed by atoms with van der Waals surface area (Å²) in [6, 6.07) is 10.7. The number of carbonyl (C=O) groups is 4. The minimum absolute atomic E-state index is 0.0937. The molecule has 4 aromatic rings. The lowest BCUT2D eigenvalue weighted by Crippen LogP contribution is -2.58. The van der Waals surface area contributed by atoms with Crippen LogP contribution in [0.15, 0.2) is 71.2 Å². The number of benzene rings is 2. The monoisotopic (exact) mass is 879 g/mol. The highest BCUT2D eigenvalue weighted by molar-refractivity contribution is 7.91. The molecule has 1 saturated heterocycles. The van der Waals surface area contributed by atoms with Gasteiger partial charge in [-0.25, -0.2) is 18.2 Å². The maximum absolute atomic E-state index is 14.7. The second-order valence-corrected chi connectivity index (χ2v) is 19.5. The van der Waals surface area contributed by atoms with E-state index in [0.29, 0.717) is 48.6 Å². The van der Waals surface area contributed by atoms with Crippen molar-refractivity contribution >= 4 is 55.9 Å². The van der Waals surface area contributed by atoms with Gasteiger partial charge in [0.15, 0.2) is 11.3 Å². The Balaban J connectivity index is 1.16. The van der Waals surface area contributed by atoms with E-state index in [0.717, 1.165) is 18.6 Å². The summed E-state index contributed by atoms with van der Waals surface area (Å²) in [6.45, 7) is 4.87. The van der Waals surface area contributed by atoms with Crippen LogP contribution in [0.5, 0.6) is 5.75 Å². The third kappa shape index (κ3) is 9.10. The molecule has 4 amide bonds. The van der Waals surface area contributed by atoms with Gasteiger partial charge in [-0.1, -0.05) is 49.3 Å². The summed E-state index contributed by atoms with van der Waals surface area (Å²) < 4.78 is 87.8. The van der Waals surface area contributed by atoms with Gasteiger partial charge in [0.05, 0.1) is 23.1 Å². The summed E-state index contributed by atoms with van der Waals surface area (Å²) in [7, 11) is -3.97. The number of allylic oxidation sites excluding steroid dienone is 1. The summed E-state index contributed by atoms with van der Waals surface area (Å²) in [6.07, 6.45) is 0.983. The number of furan rings is 1. The number of rotatable bonds is 7. The van der Waals surface area contributed by atoms with Crippen molar-refractivity contribution < 1.29 is 54.7 Å². The van der Waals surface area contributed by atoms with Crippen molar-refractivity contribution in [2.45, 2.75) is 119 Å². The van der Waals surface area contributed by atoms with Gasteiger partial charge in [0, 0.05) is 29.4 Å². The normalized spacial score (nSPS) is 25.5. The van der Waals surface area contributed by atoms with Crippen molar-refractivity contribution in [3.8, 4) is 17.0 Å². The van der Waals surface area contributed by atoms with E-state index in [-0.39, 0.29) is 48.4 Å². The standard InChI is InChI=1S/C44H48F3N5O9S/c1-42(2,3)61-41(56)49-31-16-8-6-4-5-7-13-27-23-43(27,40(55)51-62(57,58)29-18-19-29)50-38(53)33-21-28(24-52(33)39(31)54)59-35-22-32(25-12-11-14-26(20-25)44(45,46)47)48-36-30-15-9-10-17-34(30)60-37(35)36/h7,9-15,17,20,22,27-29,31,33H,4-6,8,16,18-19,21,23-24H2,1-3H3,(H,49,56)(H,50,53)(H,51,55)/b13-7-/t27-,28-,31+,33+,43-/m1/s1. The zero-order valence-electron chi connectivity index (χ0n) is 34.4. The Kier molecular flexibility index (Phi) is 11.3. The molecule has 330 valence electrons. The Hall–Kier alpha value is -5.65. The number of ether oxygens (including phenoxy) is 2. The van der Waals surface area contributed by atoms with Crippen LogP contribution in [-0.2, 0) is 35.3 Å². The number of pyridine rings is 1. The van der Waals surface area contributed by atoms with Crippen LogP contribution in [0, 0.1) is 5.92 Å². The van der Waals surface area contributed by atoms with Gasteiger partial charge in [-0.3, -0.25) is 19.1 Å². The number of nitrogens with one attached hydrogen (secondary N) is 3. The Bertz CT molecular complexity index is 2570. The minimum atomic E-state index is -4.62. The smallest absolute Gasteiger partial charge is 0.416 e. The summed E-state index contributed by atoms with van der Waals surface area (Å²) >= 11 is 0. The summed E-state index contributed by atoms with van der Waals surface area (Å²) in [5.74, 6) is -2.63. The van der Waals surface area contributed by atoms with Crippen LogP contribution in [-0.4, -0.2) is 83.2 Å². The lowest BCUT2D eigenvalue weighted by atomic mass is 10.0. The summed E-state index contributed by atoms with van der Waals surface area (Å²) in [5, 5.41) is 5.41. The van der Waals surface area contributed by atoms with Gasteiger partial charge < -0.3 is 29.4 Å². The fourth-order valence-electron chi connectivity index (χ4n) is 8.22. The Morgan fingerprint density at radius 1 is 1.00 bits per heavy atom. The number of nitrogens with zero attached hydrogens (tertiary/aromatic N) is 2. The Labute approximate surface area is 356 Å². The molecule has 3 fully saturated rings. The first kappa shape index (κ1) is 43.0. The SMILES string of the molecule is CC(C)(C)OC(=O)N[C@H]1CCCCC/C=C\[C@@H]2C[C@@]2(C(=O)NS(=O)(=O)C2CC2)NC(=O)[C@@H]2C[C@@H](Oc3cc(-c4cccc(C(F)(F)F)c4)nc4c3oc3ccccc34)CN2C1=O. The van der Waals surface area contributed by atoms with Gasteiger partial charge in [-0.05, 0) is 83.6 Å². The van der Waals surface area contributed by atoms with Gasteiger partial charge in [-0.2, -0.15) is 13.2 Å². The highest BCUT2D eigenvalue weighted by Crippen LogP contribution is 2.46. The number of aromatic nitrogens is 1. The molecular formula is C44H48F3N5O9S. The molecule has 5 atom stereocenters. The van der Waals surface area contributed by atoms with Crippen molar-refractivity contribution in [1.29, 1.82) is 0 Å². The van der Waals surface area contributed by atoms with Crippen molar-refractivity contribution in [3.05, 3.63) is 72.3 Å². The van der Waals surface area contributed by atoms with E-state index in [1.165, 1.54) is 23.1 Å². The maximum atomic E-state index is 14.7. The molecule has 8 rings (SSSR count). The predicted octanol–water partition coefficient (Wildman–Crippen LogP) is 6.91. The molecule has 0 unspecified atom stereocenters. The molecule has 2 aliphatic carbocycles. The average molecular weight is 880 g/mol. The first-order valence-electron chi connectivity index (χ1n) is 20.8. The summed E-state index contributed by atoms with van der Waals surface area (Å²) in [4.78, 5) is 62.2. The van der Waals surface area contributed by atoms with Gasteiger partial charge in [-0.15, -0.1) is 0 Å². The van der Waals surface area contributed by atoms with E-state index in [4.69, 9.17) is 18.9 Å². The number of amides is 4. The number of alkyl carbamates (subject to hydrolysis) is 1. The minimum Gasteiger partial charge on any atom is -0.484 e. The van der Waals surface area contributed by atoms with Crippen LogP contribution in [0.1, 0.15) is 84.1 Å². The molecule has 62 heavy (non-hydrogen) atoms. The topological polar surface area (TPSA) is 186 Å². The summed E-state index contributed by atoms with van der Waals surface area (Å²) in [5.41, 5.74) is -2.12. The molecule has 2 aromatic heterocycles. The lowest BCUT2D eigenvalue weighted by Gasteiger charge is -2.30. The van der Waals surface area contributed by atoms with Crippen LogP contribution < -0.4 is 20.1 Å². The Morgan fingerprint density at radius 2 is 1.77 bits per heavy atom. The van der Waals surface area contributed by atoms with Crippen molar-refractivity contribution in [3.63, 3.8) is 0 Å². The molecule has 3 N–H and O–H groups in total. The molecule has 2 saturated carbocycles. The van der Waals surface area contributed by atoms with E-state index in [2.05, 4.69) is 15.4 Å². The van der Waals surface area contributed by atoms with E-state index in [1.54, 1.807) is 45.0 Å². The van der Waals surface area contributed by atoms with E-state index in [1.807, 2.05) is 12.2 Å². The zero-order valence-corrected chi connectivity index (χ0v) is 35.2. The largest absolute Gasteiger partial charge is 0.484 e. The first-order chi connectivity index (χ1) is 29.3. The van der Waals surface area contributed by atoms with Gasteiger partial charge in [0.1, 0.15) is 40.4 Å². The number of para-hydroxylation sites is 1. The molecule has 18 heteroatoms. The third-order valence-corrected chi connectivity index (χ3v) is 13.4. The number of fused-ring (bicyclic) bond motifs is 5. The fourth-order valence-corrected chi connectivity index (χ4v) is 9.58. The van der Waals surface area contributed by atoms with Gasteiger partial charge in [0.25, 0.3) is 5.91 Å². The molecule has 14 nitrogen and oxygen atoms in total. The molecule has 4 heterocycles. The molecule has 4 aliphatic rings. The second kappa shape index (κ2) is 16.2. The van der Waals surface area contributed by atoms with E-state index < -0.39 is 86.1 Å². The molecule has 0 radical (unpaired) electrons. The quantitative estimate of drug-likeness (QED) is 0.165. The molecule has 2 aliphatic heterocycles. The number of carbonyl (C=O) groups excluding carboxylic acids is 4. The average Bonchev–Trinajstić information content (AvgIpc) is 4.10. The maximum Gasteiger partial charge on any atom is 0.416 e. The van der Waals surface area contributed by atoms with Crippen molar-refractivity contribution in [2.75, 3.05) is 6.54 Å². The van der Waals surface area contributed by atoms with Gasteiger partial charge in [0.2, 0.25) is 21.8 Å². The van der Waals surface area contributed by atoms with Crippen LogP contribution in [0.4, 0.5) is 18.0 Å². The zero-order chi connectivity index (χ0) is 44.2. The lowest BCUT2D eigenvalue weighted by molar-refractivity contribution is -0.141. The fraction of sp³-hybridized carbons (Fsp3) is 0.477. The molecule has 0 bridgehead atoms. The van der Waals surface area contributed by atoms with E-state index >= 15 is 0 Å². The Morgan fingerprint density at radius 3 is 2.52 bits per heavy atom. The third-order valence-electron chi connectivity index (χ3n) is 11.6. The number of alkyl halides is 3. The van der Waals surface area contributed by atoms with Crippen LogP contribution in [0.25, 0.3) is 33.3 Å². The molecule has 0 spiro atoms. The highest BCUT2D eigenvalue weighted by Gasteiger charge is 2.62. The number of hydrogen-bond acceptors (Lipinski definition) is 10. The van der Waals surface area contributed by atoms with Crippen LogP contribution in [0.3, 0.4) is 0 Å². The van der Waals surface area contributed by atoms with Crippen molar-refractivity contribution in [2.24, 2.45) is 5.92 Å². The van der Waals surface area contributed by atoms with Gasteiger partial charge >= 0.3 is 12.3 Å². The van der Waals surface area contributed by atoms with E-state index in [9.17, 15) is 40.8 Å². The highest BCUT2D eigenvalue weighted by atomic mass is 32.2. The second-order valence-electron chi connectivity index (χ2n) is 17.6. The first-order valence-corrected chi connectivity index (χ1v) is 22.4. The van der Waals surface area contributed by atoms with Crippen LogP contribution in [0.2, 0.25) is 0 Å².